The molecule has 2 atom stereocenters. The smallest absolute Gasteiger partial charge is 0.475 e. The van der Waals surface area contributed by atoms with Gasteiger partial charge in [0, 0.05) is 44.0 Å². The fourth-order valence-electron chi connectivity index (χ4n) is 3.10. The lowest BCUT2D eigenvalue weighted by Crippen LogP contribution is -2.51. The van der Waals surface area contributed by atoms with Crippen LogP contribution in [-0.4, -0.2) is 80.1 Å². The maximum Gasteiger partial charge on any atom is 0.490 e. The molecular weight excluding hydrogens is 401 g/mol. The normalized spacial score (nSPS) is 22.3. The SMILES string of the molecule is O=C(O)C(F)(F)F.c1cnc(N2CCO[C@H]3CN(Cc4csnn4)C[C@H]32)cn1. The van der Waals surface area contributed by atoms with Gasteiger partial charge in [-0.2, -0.15) is 13.2 Å². The summed E-state index contributed by atoms with van der Waals surface area (Å²) in [5, 5.41) is 13.3. The Morgan fingerprint density at radius 3 is 2.75 bits per heavy atom. The molecule has 0 spiro atoms. The highest BCUT2D eigenvalue weighted by Crippen LogP contribution is 2.27. The molecule has 2 aromatic rings. The molecule has 9 nitrogen and oxygen atoms in total. The summed E-state index contributed by atoms with van der Waals surface area (Å²) in [5.74, 6) is -1.82. The zero-order valence-corrected chi connectivity index (χ0v) is 15.3. The fraction of sp³-hybridized carbons (Fsp3) is 0.533. The minimum Gasteiger partial charge on any atom is -0.475 e. The van der Waals surface area contributed by atoms with Gasteiger partial charge in [0.05, 0.1) is 30.6 Å². The summed E-state index contributed by atoms with van der Waals surface area (Å²) < 4.78 is 41.6. The molecule has 13 heteroatoms. The number of carboxylic acids is 1. The topological polar surface area (TPSA) is 105 Å². The van der Waals surface area contributed by atoms with E-state index >= 15 is 0 Å². The number of likely N-dealkylation sites (tertiary alicyclic amines) is 1. The molecule has 0 radical (unpaired) electrons. The average molecular weight is 418 g/mol. The van der Waals surface area contributed by atoms with Crippen LogP contribution in [0.15, 0.2) is 24.0 Å². The van der Waals surface area contributed by atoms with Gasteiger partial charge >= 0.3 is 12.1 Å². The van der Waals surface area contributed by atoms with Crippen LogP contribution in [0, 0.1) is 0 Å². The van der Waals surface area contributed by atoms with Gasteiger partial charge in [-0.25, -0.2) is 9.78 Å². The Hall–Kier alpha value is -2.38. The van der Waals surface area contributed by atoms with Crippen LogP contribution in [0.3, 0.4) is 0 Å². The van der Waals surface area contributed by atoms with E-state index in [0.717, 1.165) is 44.3 Å². The predicted molar refractivity (Wildman–Crippen MR) is 91.8 cm³/mol. The van der Waals surface area contributed by atoms with Crippen molar-refractivity contribution in [1.82, 2.24) is 24.5 Å². The predicted octanol–water partition coefficient (Wildman–Crippen LogP) is 1.05. The summed E-state index contributed by atoms with van der Waals surface area (Å²) >= 11 is 1.40. The minimum atomic E-state index is -5.08. The van der Waals surface area contributed by atoms with Crippen LogP contribution in [0.4, 0.5) is 19.0 Å². The molecule has 4 heterocycles. The second-order valence-corrected chi connectivity index (χ2v) is 6.74. The Morgan fingerprint density at radius 1 is 1.36 bits per heavy atom. The number of fused-ring (bicyclic) bond motifs is 1. The third-order valence-electron chi connectivity index (χ3n) is 4.25. The number of ether oxygens (including phenoxy) is 1. The third kappa shape index (κ3) is 5.11. The molecule has 28 heavy (non-hydrogen) atoms. The van der Waals surface area contributed by atoms with E-state index < -0.39 is 12.1 Å². The maximum atomic E-state index is 10.6. The average Bonchev–Trinajstić information content (AvgIpc) is 3.31. The lowest BCUT2D eigenvalue weighted by molar-refractivity contribution is -0.192. The molecule has 0 aliphatic carbocycles. The first-order valence-corrected chi connectivity index (χ1v) is 9.11. The number of rotatable bonds is 3. The number of carbonyl (C=O) groups is 1. The Labute approximate surface area is 161 Å². The van der Waals surface area contributed by atoms with E-state index in [4.69, 9.17) is 14.6 Å². The number of halogens is 3. The van der Waals surface area contributed by atoms with Gasteiger partial charge < -0.3 is 14.7 Å². The Kier molecular flexibility index (Phi) is 6.36. The zero-order valence-electron chi connectivity index (χ0n) is 14.5. The molecule has 0 saturated carbocycles. The van der Waals surface area contributed by atoms with Crippen molar-refractivity contribution in [2.24, 2.45) is 0 Å². The van der Waals surface area contributed by atoms with Crippen molar-refractivity contribution >= 4 is 23.3 Å². The number of nitrogens with zero attached hydrogens (tertiary/aromatic N) is 6. The van der Waals surface area contributed by atoms with Crippen LogP contribution >= 0.6 is 11.5 Å². The monoisotopic (exact) mass is 418 g/mol. The van der Waals surface area contributed by atoms with Gasteiger partial charge in [0.1, 0.15) is 5.82 Å². The molecule has 152 valence electrons. The summed E-state index contributed by atoms with van der Waals surface area (Å²) in [6.45, 7) is 4.33. The van der Waals surface area contributed by atoms with E-state index in [0.29, 0.717) is 6.04 Å². The van der Waals surface area contributed by atoms with E-state index in [-0.39, 0.29) is 6.10 Å². The van der Waals surface area contributed by atoms with Crippen molar-refractivity contribution in [2.75, 3.05) is 31.1 Å². The standard InChI is InChI=1S/C13H16N6OS.C2HF3O2/c1-2-15-13(5-14-1)19-3-4-20-12-8-18(7-11(12)19)6-10-9-21-17-16-10;3-2(4,5)1(6)7/h1-2,5,9,11-12H,3-4,6-8H2;(H,6,7)/t11-,12+;/m1./s1. The van der Waals surface area contributed by atoms with Gasteiger partial charge in [0.2, 0.25) is 0 Å². The number of hydrogen-bond donors (Lipinski definition) is 1. The van der Waals surface area contributed by atoms with Crippen molar-refractivity contribution in [3.63, 3.8) is 0 Å². The highest BCUT2D eigenvalue weighted by Gasteiger charge is 2.41. The van der Waals surface area contributed by atoms with Crippen LogP contribution in [0.2, 0.25) is 0 Å². The van der Waals surface area contributed by atoms with Crippen LogP contribution in [0.1, 0.15) is 5.69 Å². The lowest BCUT2D eigenvalue weighted by atomic mass is 10.1. The number of alkyl halides is 3. The number of hydrogen-bond acceptors (Lipinski definition) is 9. The van der Waals surface area contributed by atoms with Crippen molar-refractivity contribution in [2.45, 2.75) is 24.9 Å². The quantitative estimate of drug-likeness (QED) is 0.783. The minimum absolute atomic E-state index is 0.229. The van der Waals surface area contributed by atoms with Gasteiger partial charge in [-0.15, -0.1) is 5.10 Å². The maximum absolute atomic E-state index is 10.6. The van der Waals surface area contributed by atoms with Gasteiger partial charge in [-0.1, -0.05) is 4.49 Å². The molecule has 2 saturated heterocycles. The molecule has 4 rings (SSSR count). The van der Waals surface area contributed by atoms with Crippen molar-refractivity contribution < 1.29 is 27.8 Å². The first kappa shape index (κ1) is 20.4. The zero-order chi connectivity index (χ0) is 20.1. The van der Waals surface area contributed by atoms with Crippen molar-refractivity contribution in [3.05, 3.63) is 29.7 Å². The second kappa shape index (κ2) is 8.75. The first-order chi connectivity index (χ1) is 13.3. The lowest BCUT2D eigenvalue weighted by Gasteiger charge is -2.37. The van der Waals surface area contributed by atoms with Gasteiger partial charge in [0.25, 0.3) is 0 Å². The molecule has 0 unspecified atom stereocenters. The van der Waals surface area contributed by atoms with E-state index in [1.165, 1.54) is 11.5 Å². The van der Waals surface area contributed by atoms with Gasteiger partial charge in [-0.05, 0) is 11.5 Å². The highest BCUT2D eigenvalue weighted by atomic mass is 32.1. The second-order valence-electron chi connectivity index (χ2n) is 6.13. The molecule has 2 fully saturated rings. The molecule has 2 aliphatic heterocycles. The summed E-state index contributed by atoms with van der Waals surface area (Å²) in [6, 6.07) is 0.335. The highest BCUT2D eigenvalue weighted by molar-refractivity contribution is 7.03. The number of anilines is 1. The Balaban J connectivity index is 0.000000279. The van der Waals surface area contributed by atoms with E-state index in [2.05, 4.69) is 29.4 Å². The molecule has 0 aromatic carbocycles. The van der Waals surface area contributed by atoms with Crippen LogP contribution < -0.4 is 4.90 Å². The van der Waals surface area contributed by atoms with E-state index in [1.807, 2.05) is 11.6 Å². The van der Waals surface area contributed by atoms with Crippen LogP contribution in [0.5, 0.6) is 0 Å². The van der Waals surface area contributed by atoms with Crippen LogP contribution in [0.25, 0.3) is 0 Å². The fourth-order valence-corrected chi connectivity index (χ4v) is 3.54. The summed E-state index contributed by atoms with van der Waals surface area (Å²) in [4.78, 5) is 22.2. The number of aliphatic carboxylic acids is 1. The van der Waals surface area contributed by atoms with Gasteiger partial charge in [-0.3, -0.25) is 9.88 Å². The Bertz CT molecular complexity index is 764. The molecule has 1 N–H and O–H groups in total. The first-order valence-electron chi connectivity index (χ1n) is 8.27. The van der Waals surface area contributed by atoms with Crippen molar-refractivity contribution in [3.8, 4) is 0 Å². The van der Waals surface area contributed by atoms with E-state index in [1.54, 1.807) is 12.4 Å². The number of carboxylic acid groups (broad SMARTS) is 1. The molecular formula is C15H17F3N6O3S. The van der Waals surface area contributed by atoms with Crippen LogP contribution in [-0.2, 0) is 16.1 Å². The Morgan fingerprint density at radius 2 is 2.14 bits per heavy atom. The molecule has 0 amide bonds. The third-order valence-corrected chi connectivity index (χ3v) is 4.81. The largest absolute Gasteiger partial charge is 0.490 e. The summed E-state index contributed by atoms with van der Waals surface area (Å²) in [5.41, 5.74) is 1.03. The summed E-state index contributed by atoms with van der Waals surface area (Å²) in [6.07, 6.45) is 0.424. The van der Waals surface area contributed by atoms with Crippen molar-refractivity contribution in [1.29, 1.82) is 0 Å². The summed E-state index contributed by atoms with van der Waals surface area (Å²) in [7, 11) is 0. The van der Waals surface area contributed by atoms with Gasteiger partial charge in [0.15, 0.2) is 0 Å². The van der Waals surface area contributed by atoms with E-state index in [9.17, 15) is 13.2 Å². The number of aromatic nitrogens is 4. The number of morpholine rings is 1. The molecule has 0 bridgehead atoms. The molecule has 2 aliphatic rings. The molecule has 2 aromatic heterocycles.